The van der Waals surface area contributed by atoms with Crippen molar-refractivity contribution in [3.05, 3.63) is 6.42 Å². The summed E-state index contributed by atoms with van der Waals surface area (Å²) in [6, 6.07) is 0.945. The lowest BCUT2D eigenvalue weighted by Crippen LogP contribution is -2.43. The van der Waals surface area contributed by atoms with Crippen LogP contribution in [0.15, 0.2) is 0 Å². The molecule has 1 aliphatic carbocycles. The molecule has 0 aromatic rings. The molecule has 0 amide bonds. The van der Waals surface area contributed by atoms with Gasteiger partial charge in [0.15, 0.2) is 0 Å². The first-order valence-electron chi connectivity index (χ1n) is 4.52. The minimum Gasteiger partial charge on any atom is -0.300 e. The predicted octanol–water partition coefficient (Wildman–Crippen LogP) is 1.84. The molecule has 1 aliphatic heterocycles. The number of hydrogen-bond donors (Lipinski definition) is 0. The van der Waals surface area contributed by atoms with E-state index in [1.807, 2.05) is 0 Å². The van der Waals surface area contributed by atoms with Crippen LogP contribution < -0.4 is 0 Å². The zero-order chi connectivity index (χ0) is 6.81. The molecule has 1 saturated carbocycles. The Balaban J connectivity index is 1.78. The molecule has 10 heavy (non-hydrogen) atoms. The monoisotopic (exact) mass is 138 g/mol. The smallest absolute Gasteiger partial charge is 0.0101 e. The first-order valence-corrected chi connectivity index (χ1v) is 4.52. The average molecular weight is 138 g/mol. The Morgan fingerprint density at radius 3 is 2.20 bits per heavy atom. The SMILES string of the molecule is [CH]1CC(N2CCCCC2)C1. The Hall–Kier alpha value is -0.0400. The first kappa shape index (κ1) is 6.66. The quantitative estimate of drug-likeness (QED) is 0.534. The van der Waals surface area contributed by atoms with Crippen molar-refractivity contribution in [3.8, 4) is 0 Å². The molecule has 2 fully saturated rings. The molecular formula is C9H16N. The summed E-state index contributed by atoms with van der Waals surface area (Å²) in [6.07, 6.45) is 9.47. The molecule has 2 aliphatic rings. The third-order valence-electron chi connectivity index (χ3n) is 2.78. The van der Waals surface area contributed by atoms with Gasteiger partial charge in [0.1, 0.15) is 0 Å². The highest BCUT2D eigenvalue weighted by Crippen LogP contribution is 2.26. The summed E-state index contributed by atoms with van der Waals surface area (Å²) in [5.41, 5.74) is 0. The molecule has 2 rings (SSSR count). The van der Waals surface area contributed by atoms with Gasteiger partial charge in [0.05, 0.1) is 0 Å². The molecule has 0 atom stereocenters. The standard InChI is InChI=1S/C9H16N/c1-2-7-10(8-3-1)9-5-4-6-9/h4,9H,1-3,5-8H2. The lowest BCUT2D eigenvalue weighted by atomic mass is 9.90. The van der Waals surface area contributed by atoms with E-state index < -0.39 is 0 Å². The Morgan fingerprint density at radius 1 is 1.00 bits per heavy atom. The summed E-state index contributed by atoms with van der Waals surface area (Å²) >= 11 is 0. The topological polar surface area (TPSA) is 3.24 Å². The van der Waals surface area contributed by atoms with Crippen molar-refractivity contribution in [1.82, 2.24) is 4.90 Å². The van der Waals surface area contributed by atoms with Crippen molar-refractivity contribution in [2.24, 2.45) is 0 Å². The lowest BCUT2D eigenvalue weighted by molar-refractivity contribution is 0.132. The molecule has 1 saturated heterocycles. The van der Waals surface area contributed by atoms with Gasteiger partial charge in [-0.2, -0.15) is 0 Å². The molecule has 57 valence electrons. The van der Waals surface area contributed by atoms with Crippen LogP contribution in [-0.2, 0) is 0 Å². The molecule has 0 spiro atoms. The summed E-state index contributed by atoms with van der Waals surface area (Å²) in [5, 5.41) is 0. The molecular weight excluding hydrogens is 122 g/mol. The van der Waals surface area contributed by atoms with Gasteiger partial charge in [-0.3, -0.25) is 0 Å². The van der Waals surface area contributed by atoms with E-state index in [9.17, 15) is 0 Å². The number of piperidine rings is 1. The number of rotatable bonds is 1. The zero-order valence-electron chi connectivity index (χ0n) is 6.55. The molecule has 0 unspecified atom stereocenters. The number of hydrogen-bond acceptors (Lipinski definition) is 1. The van der Waals surface area contributed by atoms with Crippen LogP contribution in [0, 0.1) is 6.42 Å². The van der Waals surface area contributed by atoms with Crippen molar-refractivity contribution in [3.63, 3.8) is 0 Å². The first-order chi connectivity index (χ1) is 4.97. The second kappa shape index (κ2) is 2.91. The van der Waals surface area contributed by atoms with Crippen LogP contribution in [0.1, 0.15) is 32.1 Å². The van der Waals surface area contributed by atoms with Crippen LogP contribution in [0.4, 0.5) is 0 Å². The largest absolute Gasteiger partial charge is 0.300 e. The Bertz CT molecular complexity index is 101. The fourth-order valence-electron chi connectivity index (χ4n) is 1.90. The van der Waals surface area contributed by atoms with Gasteiger partial charge in [-0.25, -0.2) is 0 Å². The fourth-order valence-corrected chi connectivity index (χ4v) is 1.90. The van der Waals surface area contributed by atoms with Crippen LogP contribution in [-0.4, -0.2) is 24.0 Å². The Kier molecular flexibility index (Phi) is 1.94. The normalized spacial score (nSPS) is 30.0. The van der Waals surface area contributed by atoms with E-state index in [2.05, 4.69) is 11.3 Å². The second-order valence-corrected chi connectivity index (χ2v) is 3.51. The van der Waals surface area contributed by atoms with Crippen molar-refractivity contribution in [2.45, 2.75) is 38.1 Å². The summed E-state index contributed by atoms with van der Waals surface area (Å²) in [6.45, 7) is 2.75. The minimum absolute atomic E-state index is 0.945. The van der Waals surface area contributed by atoms with Crippen LogP contribution in [0.2, 0.25) is 0 Å². The summed E-state index contributed by atoms with van der Waals surface area (Å²) in [4.78, 5) is 2.67. The average Bonchev–Trinajstić information content (AvgIpc) is 1.86. The van der Waals surface area contributed by atoms with Gasteiger partial charge in [-0.15, -0.1) is 0 Å². The third-order valence-corrected chi connectivity index (χ3v) is 2.78. The maximum absolute atomic E-state index is 2.67. The predicted molar refractivity (Wildman–Crippen MR) is 42.7 cm³/mol. The molecule has 0 aromatic heterocycles. The van der Waals surface area contributed by atoms with E-state index in [4.69, 9.17) is 0 Å². The lowest BCUT2D eigenvalue weighted by Gasteiger charge is -2.39. The highest BCUT2D eigenvalue weighted by atomic mass is 15.2. The zero-order valence-corrected chi connectivity index (χ0v) is 6.55. The van der Waals surface area contributed by atoms with E-state index in [-0.39, 0.29) is 0 Å². The maximum atomic E-state index is 2.67. The summed E-state index contributed by atoms with van der Waals surface area (Å²) < 4.78 is 0. The third kappa shape index (κ3) is 1.20. The van der Waals surface area contributed by atoms with Gasteiger partial charge in [-0.05, 0) is 45.2 Å². The Morgan fingerprint density at radius 2 is 1.70 bits per heavy atom. The highest BCUT2D eigenvalue weighted by molar-refractivity contribution is 4.93. The van der Waals surface area contributed by atoms with Crippen LogP contribution in [0.3, 0.4) is 0 Å². The van der Waals surface area contributed by atoms with Gasteiger partial charge >= 0.3 is 0 Å². The molecule has 0 aromatic carbocycles. The van der Waals surface area contributed by atoms with E-state index in [0.717, 1.165) is 6.04 Å². The second-order valence-electron chi connectivity index (χ2n) is 3.51. The van der Waals surface area contributed by atoms with Gasteiger partial charge in [0.2, 0.25) is 0 Å². The number of likely N-dealkylation sites (tertiary alicyclic amines) is 1. The van der Waals surface area contributed by atoms with Crippen LogP contribution in [0.5, 0.6) is 0 Å². The van der Waals surface area contributed by atoms with Crippen LogP contribution >= 0.6 is 0 Å². The van der Waals surface area contributed by atoms with Crippen molar-refractivity contribution >= 4 is 0 Å². The molecule has 0 N–H and O–H groups in total. The van der Waals surface area contributed by atoms with Crippen LogP contribution in [0.25, 0.3) is 0 Å². The van der Waals surface area contributed by atoms with Crippen molar-refractivity contribution < 1.29 is 0 Å². The van der Waals surface area contributed by atoms with Crippen molar-refractivity contribution in [1.29, 1.82) is 0 Å². The van der Waals surface area contributed by atoms with E-state index in [0.29, 0.717) is 0 Å². The highest BCUT2D eigenvalue weighted by Gasteiger charge is 2.25. The molecule has 0 bridgehead atoms. The molecule has 1 radical (unpaired) electrons. The molecule has 1 nitrogen and oxygen atoms in total. The van der Waals surface area contributed by atoms with E-state index in [1.165, 1.54) is 45.2 Å². The summed E-state index contributed by atoms with van der Waals surface area (Å²) in [5.74, 6) is 0. The van der Waals surface area contributed by atoms with E-state index in [1.54, 1.807) is 0 Å². The van der Waals surface area contributed by atoms with Gasteiger partial charge in [-0.1, -0.05) is 6.42 Å². The van der Waals surface area contributed by atoms with Gasteiger partial charge in [0.25, 0.3) is 0 Å². The fraction of sp³-hybridized carbons (Fsp3) is 0.889. The van der Waals surface area contributed by atoms with Gasteiger partial charge < -0.3 is 4.90 Å². The maximum Gasteiger partial charge on any atom is 0.0101 e. The molecule has 1 heterocycles. The molecule has 1 heteroatoms. The minimum atomic E-state index is 0.945. The van der Waals surface area contributed by atoms with E-state index >= 15 is 0 Å². The summed E-state index contributed by atoms with van der Waals surface area (Å²) in [7, 11) is 0. The van der Waals surface area contributed by atoms with Gasteiger partial charge in [0, 0.05) is 6.04 Å². The number of nitrogens with zero attached hydrogens (tertiary/aromatic N) is 1. The Labute approximate surface area is 63.4 Å². The van der Waals surface area contributed by atoms with Crippen molar-refractivity contribution in [2.75, 3.05) is 13.1 Å².